The lowest BCUT2D eigenvalue weighted by atomic mass is 9.93. The molecule has 0 radical (unpaired) electrons. The third-order valence-electron chi connectivity index (χ3n) is 7.09. The van der Waals surface area contributed by atoms with Gasteiger partial charge in [0.15, 0.2) is 0 Å². The highest BCUT2D eigenvalue weighted by Gasteiger charge is 2.34. The number of fused-ring (bicyclic) bond motifs is 3. The van der Waals surface area contributed by atoms with Gasteiger partial charge in [0.1, 0.15) is 17.9 Å². The Hall–Kier alpha value is -2.78. The van der Waals surface area contributed by atoms with Gasteiger partial charge >= 0.3 is 5.16 Å². The summed E-state index contributed by atoms with van der Waals surface area (Å²) in [4.78, 5) is 15.5. The summed E-state index contributed by atoms with van der Waals surface area (Å²) in [5.41, 5.74) is 4.19. The molecule has 184 valence electrons. The molecule has 9 heteroatoms. The number of halogens is 2. The molecule has 2 aromatic carbocycles. The molecule has 4 heterocycles. The van der Waals surface area contributed by atoms with Crippen LogP contribution in [0.15, 0.2) is 53.9 Å². The fourth-order valence-electron chi connectivity index (χ4n) is 5.28. The highest BCUT2D eigenvalue weighted by Crippen LogP contribution is 2.40. The fraction of sp³-hybridized carbons (Fsp3) is 0.296. The number of anilines is 1. The molecule has 36 heavy (non-hydrogen) atoms. The predicted molar refractivity (Wildman–Crippen MR) is 138 cm³/mol. The van der Waals surface area contributed by atoms with Crippen molar-refractivity contribution in [1.29, 1.82) is 0 Å². The maximum Gasteiger partial charge on any atom is 0.344 e. The van der Waals surface area contributed by atoms with Crippen LogP contribution >= 0.6 is 11.6 Å². The van der Waals surface area contributed by atoms with E-state index in [1.807, 2.05) is 36.4 Å². The second-order valence-corrected chi connectivity index (χ2v) is 11.0. The zero-order chi connectivity index (χ0) is 25.0. The smallest absolute Gasteiger partial charge is 0.344 e. The molecule has 0 saturated carbocycles. The van der Waals surface area contributed by atoms with Gasteiger partial charge in [-0.2, -0.15) is 9.97 Å². The minimum Gasteiger partial charge on any atom is -0.609 e. The topological polar surface area (TPSA) is 74.2 Å². The van der Waals surface area contributed by atoms with Crippen molar-refractivity contribution in [2.45, 2.75) is 50.2 Å². The van der Waals surface area contributed by atoms with Crippen molar-refractivity contribution >= 4 is 39.4 Å². The average molecular weight is 523 g/mol. The van der Waals surface area contributed by atoms with Gasteiger partial charge in [-0.1, -0.05) is 41.9 Å². The molecule has 4 aromatic rings. The van der Waals surface area contributed by atoms with Gasteiger partial charge in [0, 0.05) is 57.9 Å². The Balaban J connectivity index is 1.42. The Morgan fingerprint density at radius 1 is 1.11 bits per heavy atom. The van der Waals surface area contributed by atoms with E-state index in [4.69, 9.17) is 26.3 Å². The van der Waals surface area contributed by atoms with E-state index < -0.39 is 11.2 Å². The van der Waals surface area contributed by atoms with Crippen LogP contribution in [0.5, 0.6) is 0 Å². The van der Waals surface area contributed by atoms with Gasteiger partial charge in [0.2, 0.25) is 0 Å². The number of nitrogens with zero attached hydrogens (tertiary/aromatic N) is 4. The fourth-order valence-corrected chi connectivity index (χ4v) is 6.03. The third kappa shape index (κ3) is 4.02. The van der Waals surface area contributed by atoms with Crippen LogP contribution in [0.4, 0.5) is 10.2 Å². The first-order chi connectivity index (χ1) is 17.4. The number of rotatable bonds is 3. The van der Waals surface area contributed by atoms with Gasteiger partial charge in [-0.05, 0) is 35.9 Å². The van der Waals surface area contributed by atoms with Crippen LogP contribution in [-0.2, 0) is 41.9 Å². The summed E-state index contributed by atoms with van der Waals surface area (Å²) in [6, 6.07) is 12.0. The monoisotopic (exact) mass is 522 g/mol. The van der Waals surface area contributed by atoms with Gasteiger partial charge in [0.25, 0.3) is 0 Å². The summed E-state index contributed by atoms with van der Waals surface area (Å²) in [7, 11) is 0. The first kappa shape index (κ1) is 23.6. The number of benzene rings is 2. The second kappa shape index (κ2) is 9.27. The minimum atomic E-state index is -1.38. The minimum absolute atomic E-state index is 0.0489. The Kier molecular flexibility index (Phi) is 6.08. The Labute approximate surface area is 216 Å². The SMILES string of the molecule is CC1Cc2cncc(F)c2CN1c1nc([S+](C)[O-])nc2c1CO[C@H](c1cccc3cccc(Cl)c13)C2. The lowest BCUT2D eigenvalue weighted by Gasteiger charge is -2.38. The van der Waals surface area contributed by atoms with Gasteiger partial charge in [-0.3, -0.25) is 4.98 Å². The summed E-state index contributed by atoms with van der Waals surface area (Å²) in [5, 5.41) is 2.96. The third-order valence-corrected chi connectivity index (χ3v) is 8.10. The normalized spacial score (nSPS) is 20.2. The van der Waals surface area contributed by atoms with Gasteiger partial charge in [0.05, 0.1) is 24.6 Å². The van der Waals surface area contributed by atoms with Crippen LogP contribution in [-0.4, -0.2) is 31.8 Å². The number of hydrogen-bond acceptors (Lipinski definition) is 6. The molecule has 0 bridgehead atoms. The van der Waals surface area contributed by atoms with Crippen LogP contribution < -0.4 is 4.90 Å². The zero-order valence-corrected chi connectivity index (χ0v) is 21.4. The summed E-state index contributed by atoms with van der Waals surface area (Å²) < 4.78 is 33.5. The quantitative estimate of drug-likeness (QED) is 0.268. The Bertz CT molecular complexity index is 1480. The molecule has 2 unspecified atom stereocenters. The van der Waals surface area contributed by atoms with E-state index in [-0.39, 0.29) is 23.1 Å². The van der Waals surface area contributed by atoms with Crippen molar-refractivity contribution in [2.75, 3.05) is 11.2 Å². The van der Waals surface area contributed by atoms with Crippen molar-refractivity contribution < 1.29 is 13.7 Å². The number of aromatic nitrogens is 3. The first-order valence-electron chi connectivity index (χ1n) is 11.8. The van der Waals surface area contributed by atoms with E-state index in [0.717, 1.165) is 33.2 Å². The number of pyridine rings is 1. The van der Waals surface area contributed by atoms with Gasteiger partial charge in [-0.25, -0.2) is 4.39 Å². The lowest BCUT2D eigenvalue weighted by Crippen LogP contribution is -2.41. The first-order valence-corrected chi connectivity index (χ1v) is 13.7. The summed E-state index contributed by atoms with van der Waals surface area (Å²) in [5.74, 6) is 0.338. The summed E-state index contributed by atoms with van der Waals surface area (Å²) in [6.07, 6.45) is 5.44. The van der Waals surface area contributed by atoms with E-state index >= 15 is 0 Å². The number of hydrogen-bond donors (Lipinski definition) is 0. The molecule has 2 aliphatic rings. The highest BCUT2D eigenvalue weighted by atomic mass is 35.5. The van der Waals surface area contributed by atoms with Crippen LogP contribution in [0, 0.1) is 5.82 Å². The van der Waals surface area contributed by atoms with Crippen LogP contribution in [0.3, 0.4) is 0 Å². The Morgan fingerprint density at radius 3 is 2.72 bits per heavy atom. The Morgan fingerprint density at radius 2 is 1.92 bits per heavy atom. The number of ether oxygens (including phenoxy) is 1. The maximum absolute atomic E-state index is 14.6. The molecule has 0 saturated heterocycles. The standard InChI is InChI=1S/C27H24ClFN4O2S/c1-15-9-17-11-30-12-22(29)19(17)13-33(15)26-20-14-35-24(10-23(20)31-27(32-26)36(2)34)18-7-3-5-16-6-4-8-21(28)25(16)18/h3-8,11-12,15,24H,9-10,13-14H2,1-2H3/t15?,24-,36?/m0/s1. The molecule has 3 atom stereocenters. The molecule has 0 aliphatic carbocycles. The van der Waals surface area contributed by atoms with Gasteiger partial charge in [-0.15, -0.1) is 0 Å². The van der Waals surface area contributed by atoms with Gasteiger partial charge < -0.3 is 14.2 Å². The van der Waals surface area contributed by atoms with Crippen molar-refractivity contribution in [2.24, 2.45) is 0 Å². The van der Waals surface area contributed by atoms with E-state index in [9.17, 15) is 8.94 Å². The molecule has 2 aliphatic heterocycles. The van der Waals surface area contributed by atoms with Crippen LogP contribution in [0.25, 0.3) is 10.8 Å². The van der Waals surface area contributed by atoms with Crippen molar-refractivity contribution in [3.63, 3.8) is 0 Å². The largest absolute Gasteiger partial charge is 0.609 e. The van der Waals surface area contributed by atoms with Crippen molar-refractivity contribution in [1.82, 2.24) is 15.0 Å². The molecule has 6 rings (SSSR count). The van der Waals surface area contributed by atoms with E-state index in [1.54, 1.807) is 12.5 Å². The maximum atomic E-state index is 14.6. The van der Waals surface area contributed by atoms with Crippen molar-refractivity contribution in [3.05, 3.63) is 87.6 Å². The summed E-state index contributed by atoms with van der Waals surface area (Å²) in [6.45, 7) is 2.73. The van der Waals surface area contributed by atoms with Crippen molar-refractivity contribution in [3.8, 4) is 0 Å². The summed E-state index contributed by atoms with van der Waals surface area (Å²) >= 11 is 5.20. The lowest BCUT2D eigenvalue weighted by molar-refractivity contribution is 0.0265. The predicted octanol–water partition coefficient (Wildman–Crippen LogP) is 5.32. The van der Waals surface area contributed by atoms with E-state index in [2.05, 4.69) is 16.8 Å². The average Bonchev–Trinajstić information content (AvgIpc) is 2.87. The second-order valence-electron chi connectivity index (χ2n) is 9.34. The molecule has 0 spiro atoms. The van der Waals surface area contributed by atoms with Crippen LogP contribution in [0.2, 0.25) is 5.02 Å². The van der Waals surface area contributed by atoms with E-state index in [0.29, 0.717) is 42.4 Å². The molecule has 0 N–H and O–H groups in total. The molecule has 0 amide bonds. The molecule has 6 nitrogen and oxygen atoms in total. The molecule has 2 aromatic heterocycles. The van der Waals surface area contributed by atoms with Crippen LogP contribution in [0.1, 0.15) is 41.0 Å². The molecular weight excluding hydrogens is 499 g/mol. The molecule has 0 fully saturated rings. The highest BCUT2D eigenvalue weighted by molar-refractivity contribution is 7.90. The molecular formula is C27H24ClFN4O2S. The van der Waals surface area contributed by atoms with E-state index in [1.165, 1.54) is 6.20 Å². The zero-order valence-electron chi connectivity index (χ0n) is 19.9.